The average molecular weight is 521 g/mol. The van der Waals surface area contributed by atoms with Crippen LogP contribution in [-0.2, 0) is 4.79 Å². The van der Waals surface area contributed by atoms with Gasteiger partial charge in [0.2, 0.25) is 0 Å². The third-order valence-electron chi connectivity index (χ3n) is 7.52. The van der Waals surface area contributed by atoms with Gasteiger partial charge in [0.1, 0.15) is 17.7 Å². The number of hydrogen-bond donors (Lipinski definition) is 1. The smallest absolute Gasteiger partial charge is 0.303 e. The minimum absolute atomic E-state index is 0.0944. The summed E-state index contributed by atoms with van der Waals surface area (Å²) in [5.74, 6) is 6.13. The van der Waals surface area contributed by atoms with E-state index in [2.05, 4.69) is 21.7 Å². The number of fused-ring (bicyclic) bond motifs is 1. The van der Waals surface area contributed by atoms with Crippen molar-refractivity contribution in [3.63, 3.8) is 0 Å². The van der Waals surface area contributed by atoms with Gasteiger partial charge in [-0.25, -0.2) is 8.78 Å². The molecular formula is C31H34F2N2O3. The number of ether oxygens (including phenoxy) is 1. The fourth-order valence-corrected chi connectivity index (χ4v) is 5.30. The number of piperidine rings is 1. The molecule has 7 heteroatoms. The van der Waals surface area contributed by atoms with Crippen molar-refractivity contribution in [3.05, 3.63) is 71.2 Å². The number of aliphatic carboxylic acids is 1. The monoisotopic (exact) mass is 520 g/mol. The summed E-state index contributed by atoms with van der Waals surface area (Å²) in [4.78, 5) is 17.9. The van der Waals surface area contributed by atoms with Crippen LogP contribution in [0, 0.1) is 36.4 Å². The Hall–Kier alpha value is -3.50. The maximum absolute atomic E-state index is 15.5. The normalized spacial score (nSPS) is 18.5. The third-order valence-corrected chi connectivity index (χ3v) is 7.52. The van der Waals surface area contributed by atoms with Gasteiger partial charge in [-0.15, -0.1) is 0 Å². The van der Waals surface area contributed by atoms with Gasteiger partial charge in [-0.3, -0.25) is 14.7 Å². The molecule has 200 valence electrons. The van der Waals surface area contributed by atoms with Crippen LogP contribution in [-0.4, -0.2) is 47.7 Å². The molecule has 38 heavy (non-hydrogen) atoms. The molecule has 1 aromatic heterocycles. The van der Waals surface area contributed by atoms with Gasteiger partial charge >= 0.3 is 5.97 Å². The highest BCUT2D eigenvalue weighted by molar-refractivity contribution is 5.83. The zero-order valence-electron chi connectivity index (χ0n) is 21.9. The van der Waals surface area contributed by atoms with E-state index in [1.807, 2.05) is 24.3 Å². The topological polar surface area (TPSA) is 62.7 Å². The third kappa shape index (κ3) is 7.08. The molecule has 2 aromatic carbocycles. The molecule has 2 unspecified atom stereocenters. The molecule has 0 saturated carbocycles. The lowest BCUT2D eigenvalue weighted by Crippen LogP contribution is -2.41. The zero-order valence-corrected chi connectivity index (χ0v) is 21.9. The Labute approximate surface area is 222 Å². The molecule has 0 bridgehead atoms. The average Bonchev–Trinajstić information content (AvgIpc) is 2.92. The lowest BCUT2D eigenvalue weighted by molar-refractivity contribution is -0.137. The molecule has 0 aliphatic carbocycles. The number of hydrogen-bond acceptors (Lipinski definition) is 4. The van der Waals surface area contributed by atoms with Crippen LogP contribution in [0.1, 0.15) is 55.0 Å². The maximum atomic E-state index is 15.5. The standard InChI is InChI=1S/C31H34F2N2O3/c1-21-5-6-22(18-29(21)33)4-3-16-35-17-14-23(24(20-35)8-12-31(36)37)7-10-28(32)26-13-15-34-30-11-9-25(38-2)19-27(26)30/h5-6,9,11,13,15,18-19,23-24,28H,7-8,10,12,14,16-17,20H2,1-2H3,(H,36,37)/t23?,24?,28-/m0/s1. The number of halogens is 2. The number of pyridine rings is 1. The summed E-state index contributed by atoms with van der Waals surface area (Å²) < 4.78 is 34.6. The van der Waals surface area contributed by atoms with E-state index in [-0.39, 0.29) is 24.1 Å². The van der Waals surface area contributed by atoms with Crippen LogP contribution >= 0.6 is 0 Å². The number of rotatable bonds is 9. The van der Waals surface area contributed by atoms with Crippen molar-refractivity contribution in [1.29, 1.82) is 0 Å². The van der Waals surface area contributed by atoms with Crippen LogP contribution < -0.4 is 4.74 Å². The van der Waals surface area contributed by atoms with Crippen LogP contribution in [0.5, 0.6) is 5.75 Å². The summed E-state index contributed by atoms with van der Waals surface area (Å²) in [7, 11) is 1.58. The molecule has 3 aromatic rings. The van der Waals surface area contributed by atoms with Gasteiger partial charge in [-0.05, 0) is 98.5 Å². The first-order chi connectivity index (χ1) is 18.3. The lowest BCUT2D eigenvalue weighted by Gasteiger charge is -2.38. The Morgan fingerprint density at radius 1 is 1.21 bits per heavy atom. The Morgan fingerprint density at radius 3 is 2.82 bits per heavy atom. The molecule has 2 heterocycles. The highest BCUT2D eigenvalue weighted by atomic mass is 19.1. The SMILES string of the molecule is COc1ccc2nccc([C@@H](F)CCC3CCN(CC#Cc4ccc(C)c(F)c4)CC3CCC(=O)O)c2c1. The fraction of sp³-hybridized carbons (Fsp3) is 0.419. The first-order valence-electron chi connectivity index (χ1n) is 13.1. The number of alkyl halides is 1. The largest absolute Gasteiger partial charge is 0.497 e. The number of nitrogens with zero attached hydrogens (tertiary/aromatic N) is 2. The molecule has 0 spiro atoms. The number of aryl methyl sites for hydroxylation is 1. The van der Waals surface area contributed by atoms with Gasteiger partial charge in [-0.1, -0.05) is 17.9 Å². The summed E-state index contributed by atoms with van der Waals surface area (Å²) in [5.41, 5.74) is 2.57. The second-order valence-electron chi connectivity index (χ2n) is 10.1. The van der Waals surface area contributed by atoms with Gasteiger partial charge in [0.25, 0.3) is 0 Å². The summed E-state index contributed by atoms with van der Waals surface area (Å²) in [6.07, 6.45) is 3.05. The van der Waals surface area contributed by atoms with Crippen molar-refractivity contribution in [3.8, 4) is 17.6 Å². The molecular weight excluding hydrogens is 486 g/mol. The van der Waals surface area contributed by atoms with Crippen molar-refractivity contribution in [1.82, 2.24) is 9.88 Å². The second kappa shape index (κ2) is 12.8. The number of likely N-dealkylation sites (tertiary alicyclic amines) is 1. The Bertz CT molecular complexity index is 1330. The maximum Gasteiger partial charge on any atom is 0.303 e. The van der Waals surface area contributed by atoms with Crippen LogP contribution in [0.15, 0.2) is 48.7 Å². The van der Waals surface area contributed by atoms with E-state index in [1.54, 1.807) is 32.4 Å². The minimum atomic E-state index is -1.15. The van der Waals surface area contributed by atoms with E-state index >= 15 is 4.39 Å². The predicted octanol–water partition coefficient (Wildman–Crippen LogP) is 6.34. The quantitative estimate of drug-likeness (QED) is 0.334. The van der Waals surface area contributed by atoms with Gasteiger partial charge in [0.15, 0.2) is 0 Å². The van der Waals surface area contributed by atoms with Crippen molar-refractivity contribution in [2.45, 2.75) is 45.2 Å². The van der Waals surface area contributed by atoms with Gasteiger partial charge < -0.3 is 9.84 Å². The Kier molecular flexibility index (Phi) is 9.30. The van der Waals surface area contributed by atoms with Crippen molar-refractivity contribution in [2.75, 3.05) is 26.7 Å². The number of methoxy groups -OCH3 is 1. The van der Waals surface area contributed by atoms with E-state index in [0.717, 1.165) is 30.4 Å². The van der Waals surface area contributed by atoms with Crippen LogP contribution in [0.25, 0.3) is 10.9 Å². The summed E-state index contributed by atoms with van der Waals surface area (Å²) in [6, 6.07) is 12.2. The van der Waals surface area contributed by atoms with Crippen LogP contribution in [0.3, 0.4) is 0 Å². The molecule has 4 rings (SSSR count). The Balaban J connectivity index is 1.39. The van der Waals surface area contributed by atoms with Crippen molar-refractivity contribution >= 4 is 16.9 Å². The summed E-state index contributed by atoms with van der Waals surface area (Å²) in [5, 5.41) is 10.0. The first kappa shape index (κ1) is 27.5. The molecule has 1 aliphatic heterocycles. The van der Waals surface area contributed by atoms with E-state index in [9.17, 15) is 14.3 Å². The van der Waals surface area contributed by atoms with Crippen molar-refractivity contribution in [2.24, 2.45) is 11.8 Å². The number of benzene rings is 2. The van der Waals surface area contributed by atoms with E-state index in [4.69, 9.17) is 4.74 Å². The predicted molar refractivity (Wildman–Crippen MR) is 144 cm³/mol. The molecule has 5 nitrogen and oxygen atoms in total. The molecule has 1 aliphatic rings. The Morgan fingerprint density at radius 2 is 2.05 bits per heavy atom. The van der Waals surface area contributed by atoms with Crippen LogP contribution in [0.2, 0.25) is 0 Å². The molecule has 1 N–H and O–H groups in total. The number of aromatic nitrogens is 1. The fourth-order valence-electron chi connectivity index (χ4n) is 5.30. The van der Waals surface area contributed by atoms with E-state index < -0.39 is 12.1 Å². The second-order valence-corrected chi connectivity index (χ2v) is 10.1. The van der Waals surface area contributed by atoms with Gasteiger partial charge in [0.05, 0.1) is 19.2 Å². The van der Waals surface area contributed by atoms with E-state index in [0.29, 0.717) is 48.2 Å². The number of carbonyl (C=O) groups is 1. The number of carboxylic acids is 1. The molecule has 0 amide bonds. The summed E-state index contributed by atoms with van der Waals surface area (Å²) >= 11 is 0. The van der Waals surface area contributed by atoms with Crippen molar-refractivity contribution < 1.29 is 23.4 Å². The van der Waals surface area contributed by atoms with Gasteiger partial charge in [-0.2, -0.15) is 0 Å². The minimum Gasteiger partial charge on any atom is -0.497 e. The number of carboxylic acid groups (broad SMARTS) is 1. The van der Waals surface area contributed by atoms with Gasteiger partial charge in [0, 0.05) is 30.1 Å². The van der Waals surface area contributed by atoms with E-state index in [1.165, 1.54) is 6.07 Å². The molecule has 0 radical (unpaired) electrons. The lowest BCUT2D eigenvalue weighted by atomic mass is 9.79. The first-order valence-corrected chi connectivity index (χ1v) is 13.1. The molecule has 1 saturated heterocycles. The molecule has 3 atom stereocenters. The molecule has 1 fully saturated rings. The highest BCUT2D eigenvalue weighted by Gasteiger charge is 2.30. The zero-order chi connectivity index (χ0) is 27.1. The highest BCUT2D eigenvalue weighted by Crippen LogP contribution is 2.36. The summed E-state index contributed by atoms with van der Waals surface area (Å²) in [6.45, 7) is 3.79. The van der Waals surface area contributed by atoms with Crippen LogP contribution in [0.4, 0.5) is 8.78 Å².